The maximum Gasteiger partial charge on any atom is 0.329 e. The molecule has 0 radical (unpaired) electrons. The molecular weight excluding hydrogens is 348 g/mol. The number of rotatable bonds is 6. The third kappa shape index (κ3) is 6.28. The maximum atomic E-state index is 11.9. The molecule has 3 amide bonds. The molecule has 0 saturated carbocycles. The molecule has 0 aliphatic heterocycles. The molecule has 8 heteroatoms. The van der Waals surface area contributed by atoms with Crippen molar-refractivity contribution in [2.24, 2.45) is 10.8 Å². The van der Waals surface area contributed by atoms with Crippen molar-refractivity contribution in [1.29, 1.82) is 0 Å². The lowest BCUT2D eigenvalue weighted by Gasteiger charge is -2.06. The van der Waals surface area contributed by atoms with Crippen LogP contribution in [0.4, 0.5) is 5.69 Å². The molecule has 0 aromatic heterocycles. The molecule has 0 atom stereocenters. The van der Waals surface area contributed by atoms with E-state index in [4.69, 9.17) is 10.5 Å². The van der Waals surface area contributed by atoms with Crippen molar-refractivity contribution in [2.45, 2.75) is 13.8 Å². The Morgan fingerprint density at radius 3 is 2.37 bits per heavy atom. The van der Waals surface area contributed by atoms with Gasteiger partial charge in [0, 0.05) is 5.69 Å². The summed E-state index contributed by atoms with van der Waals surface area (Å²) in [5.74, 6) is -1.79. The fourth-order valence-electron chi connectivity index (χ4n) is 2.03. The highest BCUT2D eigenvalue weighted by atomic mass is 16.5. The number of hydrogen-bond acceptors (Lipinski definition) is 5. The van der Waals surface area contributed by atoms with E-state index in [1.165, 1.54) is 6.21 Å². The van der Waals surface area contributed by atoms with E-state index in [0.29, 0.717) is 17.0 Å². The van der Waals surface area contributed by atoms with Crippen LogP contribution in [0, 0.1) is 13.8 Å². The Hall–Kier alpha value is -3.68. The third-order valence-electron chi connectivity index (χ3n) is 3.61. The fourth-order valence-corrected chi connectivity index (χ4v) is 2.03. The Morgan fingerprint density at radius 1 is 1.04 bits per heavy atom. The summed E-state index contributed by atoms with van der Waals surface area (Å²) in [5, 5.41) is 6.25. The van der Waals surface area contributed by atoms with Crippen molar-refractivity contribution < 1.29 is 19.1 Å². The lowest BCUT2D eigenvalue weighted by Crippen LogP contribution is -2.32. The molecule has 0 aliphatic carbocycles. The Morgan fingerprint density at radius 2 is 1.74 bits per heavy atom. The first-order valence-corrected chi connectivity index (χ1v) is 8.08. The number of nitrogens with two attached hydrogens (primary N) is 1. The molecule has 27 heavy (non-hydrogen) atoms. The zero-order chi connectivity index (χ0) is 19.8. The summed E-state index contributed by atoms with van der Waals surface area (Å²) in [4.78, 5) is 34.3. The average molecular weight is 368 g/mol. The van der Waals surface area contributed by atoms with Gasteiger partial charge in [0.2, 0.25) is 0 Å². The first-order chi connectivity index (χ1) is 12.8. The van der Waals surface area contributed by atoms with E-state index < -0.39 is 17.7 Å². The van der Waals surface area contributed by atoms with Crippen LogP contribution in [-0.2, 0) is 14.4 Å². The molecule has 0 saturated heterocycles. The zero-order valence-electron chi connectivity index (χ0n) is 15.0. The van der Waals surface area contributed by atoms with Crippen LogP contribution < -0.4 is 21.2 Å². The van der Waals surface area contributed by atoms with Crippen LogP contribution in [-0.4, -0.2) is 30.5 Å². The van der Waals surface area contributed by atoms with Gasteiger partial charge in [-0.15, -0.1) is 0 Å². The van der Waals surface area contributed by atoms with Crippen LogP contribution in [0.15, 0.2) is 47.6 Å². The lowest BCUT2D eigenvalue weighted by molar-refractivity contribution is -0.136. The van der Waals surface area contributed by atoms with Gasteiger partial charge >= 0.3 is 11.8 Å². The smallest absolute Gasteiger partial charge is 0.329 e. The molecule has 2 aromatic carbocycles. The molecule has 0 heterocycles. The Balaban J connectivity index is 1.85. The zero-order valence-corrected chi connectivity index (χ0v) is 15.0. The highest BCUT2D eigenvalue weighted by Crippen LogP contribution is 2.14. The number of primary amides is 1. The lowest BCUT2D eigenvalue weighted by atomic mass is 10.1. The summed E-state index contributed by atoms with van der Waals surface area (Å²) in [6, 6.07) is 11.9. The monoisotopic (exact) mass is 368 g/mol. The molecule has 0 spiro atoms. The minimum Gasteiger partial charge on any atom is -0.484 e. The van der Waals surface area contributed by atoms with Gasteiger partial charge in [-0.3, -0.25) is 14.4 Å². The topological polar surface area (TPSA) is 123 Å². The van der Waals surface area contributed by atoms with Gasteiger partial charge < -0.3 is 15.8 Å². The number of aryl methyl sites for hydroxylation is 2. The fraction of sp³-hybridized carbons (Fsp3) is 0.158. The molecule has 0 fully saturated rings. The van der Waals surface area contributed by atoms with E-state index in [2.05, 4.69) is 15.8 Å². The van der Waals surface area contributed by atoms with Crippen molar-refractivity contribution in [3.63, 3.8) is 0 Å². The minimum absolute atomic E-state index is 0.209. The van der Waals surface area contributed by atoms with E-state index in [9.17, 15) is 14.4 Å². The van der Waals surface area contributed by atoms with Crippen LogP contribution in [0.25, 0.3) is 0 Å². The predicted octanol–water partition coefficient (Wildman–Crippen LogP) is 1.26. The number of amides is 3. The number of nitrogens with one attached hydrogen (secondary N) is 2. The highest BCUT2D eigenvalue weighted by Gasteiger charge is 2.13. The molecule has 0 unspecified atom stereocenters. The van der Waals surface area contributed by atoms with E-state index in [1.54, 1.807) is 36.4 Å². The van der Waals surface area contributed by atoms with E-state index >= 15 is 0 Å². The largest absolute Gasteiger partial charge is 0.484 e. The van der Waals surface area contributed by atoms with Crippen molar-refractivity contribution in [3.05, 3.63) is 59.2 Å². The van der Waals surface area contributed by atoms with Crippen LogP contribution in [0.5, 0.6) is 5.75 Å². The Kier molecular flexibility index (Phi) is 6.65. The van der Waals surface area contributed by atoms with Crippen molar-refractivity contribution in [1.82, 2.24) is 5.43 Å². The Labute approximate surface area is 156 Å². The average Bonchev–Trinajstić information content (AvgIpc) is 2.64. The van der Waals surface area contributed by atoms with Crippen LogP contribution in [0.3, 0.4) is 0 Å². The predicted molar refractivity (Wildman–Crippen MR) is 101 cm³/mol. The number of benzene rings is 2. The van der Waals surface area contributed by atoms with Crippen LogP contribution in [0.2, 0.25) is 0 Å². The maximum absolute atomic E-state index is 11.9. The van der Waals surface area contributed by atoms with Gasteiger partial charge in [-0.1, -0.05) is 6.07 Å². The number of carbonyl (C=O) groups is 3. The summed E-state index contributed by atoms with van der Waals surface area (Å²) in [6.45, 7) is 3.66. The van der Waals surface area contributed by atoms with Crippen LogP contribution in [0.1, 0.15) is 16.7 Å². The van der Waals surface area contributed by atoms with Gasteiger partial charge in [-0.2, -0.15) is 5.10 Å². The van der Waals surface area contributed by atoms with Gasteiger partial charge in [0.25, 0.3) is 5.91 Å². The second-order valence-corrected chi connectivity index (χ2v) is 5.78. The SMILES string of the molecule is Cc1ccc(NC(=O)C(=O)N/N=C\c2ccc(OCC(N)=O)cc2)cc1C. The van der Waals surface area contributed by atoms with Gasteiger partial charge in [0.1, 0.15) is 5.75 Å². The number of ether oxygens (including phenoxy) is 1. The molecule has 0 aliphatic rings. The van der Waals surface area contributed by atoms with Gasteiger partial charge in [0.15, 0.2) is 6.61 Å². The number of hydrazone groups is 1. The Bertz CT molecular complexity index is 876. The van der Waals surface area contributed by atoms with E-state index in [0.717, 1.165) is 11.1 Å². The van der Waals surface area contributed by atoms with E-state index in [1.807, 2.05) is 19.9 Å². The second-order valence-electron chi connectivity index (χ2n) is 5.78. The summed E-state index contributed by atoms with van der Waals surface area (Å²) >= 11 is 0. The van der Waals surface area contributed by atoms with E-state index in [-0.39, 0.29) is 6.61 Å². The second kappa shape index (κ2) is 9.14. The summed E-state index contributed by atoms with van der Waals surface area (Å²) in [7, 11) is 0. The number of carbonyl (C=O) groups excluding carboxylic acids is 3. The quantitative estimate of drug-likeness (QED) is 0.403. The molecule has 2 aromatic rings. The van der Waals surface area contributed by atoms with Gasteiger partial charge in [-0.25, -0.2) is 5.43 Å². The van der Waals surface area contributed by atoms with Crippen molar-refractivity contribution in [3.8, 4) is 5.75 Å². The number of hydrogen-bond donors (Lipinski definition) is 3. The highest BCUT2D eigenvalue weighted by molar-refractivity contribution is 6.39. The first kappa shape index (κ1) is 19.6. The van der Waals surface area contributed by atoms with Gasteiger partial charge in [-0.05, 0) is 66.9 Å². The van der Waals surface area contributed by atoms with Crippen molar-refractivity contribution >= 4 is 29.6 Å². The number of anilines is 1. The molecule has 4 N–H and O–H groups in total. The van der Waals surface area contributed by atoms with Crippen molar-refractivity contribution in [2.75, 3.05) is 11.9 Å². The molecular formula is C19H20N4O4. The third-order valence-corrected chi connectivity index (χ3v) is 3.61. The molecule has 2 rings (SSSR count). The normalized spacial score (nSPS) is 10.4. The van der Waals surface area contributed by atoms with Crippen LogP contribution >= 0.6 is 0 Å². The number of nitrogens with zero attached hydrogens (tertiary/aromatic N) is 1. The minimum atomic E-state index is -0.883. The molecule has 8 nitrogen and oxygen atoms in total. The summed E-state index contributed by atoms with van der Waals surface area (Å²) < 4.78 is 5.13. The standard InChI is InChI=1S/C19H20N4O4/c1-12-3-6-15(9-13(12)2)22-18(25)19(26)23-21-10-14-4-7-16(8-5-14)27-11-17(20)24/h3-10H,11H2,1-2H3,(H2,20,24)(H,22,25)(H,23,26)/b21-10-. The summed E-state index contributed by atoms with van der Waals surface area (Å²) in [5.41, 5.74) is 10.4. The summed E-state index contributed by atoms with van der Waals surface area (Å²) in [6.07, 6.45) is 1.37. The molecule has 140 valence electrons. The van der Waals surface area contributed by atoms with Gasteiger partial charge in [0.05, 0.1) is 6.21 Å². The first-order valence-electron chi connectivity index (χ1n) is 8.08. The molecule has 0 bridgehead atoms.